The van der Waals surface area contributed by atoms with Crippen molar-refractivity contribution in [1.29, 1.82) is 0 Å². The predicted octanol–water partition coefficient (Wildman–Crippen LogP) is 7.94. The van der Waals surface area contributed by atoms with E-state index >= 15 is 0 Å². The highest BCUT2D eigenvalue weighted by Gasteiger charge is 2.28. The number of fused-ring (bicyclic) bond motifs is 2. The fraction of sp³-hybridized carbons (Fsp3) is 0.257. The van der Waals surface area contributed by atoms with Gasteiger partial charge >= 0.3 is 0 Å². The van der Waals surface area contributed by atoms with E-state index in [-0.39, 0.29) is 12.1 Å². The number of halogens is 2. The van der Waals surface area contributed by atoms with Crippen molar-refractivity contribution in [3.63, 3.8) is 0 Å². The van der Waals surface area contributed by atoms with Gasteiger partial charge in [0.1, 0.15) is 11.6 Å². The van der Waals surface area contributed by atoms with Crippen molar-refractivity contribution < 1.29 is 0 Å². The zero-order valence-electron chi connectivity index (χ0n) is 23.4. The maximum absolute atomic E-state index is 6.23. The molecule has 0 bridgehead atoms. The van der Waals surface area contributed by atoms with Crippen LogP contribution in [0.15, 0.2) is 97.1 Å². The Morgan fingerprint density at radius 1 is 0.738 bits per heavy atom. The maximum Gasteiger partial charge on any atom is 0.145 e. The molecule has 1 atom stereocenters. The van der Waals surface area contributed by atoms with E-state index in [0.717, 1.165) is 78.2 Å². The number of piperazine rings is 1. The van der Waals surface area contributed by atoms with E-state index in [1.54, 1.807) is 0 Å². The van der Waals surface area contributed by atoms with E-state index in [2.05, 4.69) is 87.9 Å². The Kier molecular flexibility index (Phi) is 7.83. The third kappa shape index (κ3) is 5.75. The van der Waals surface area contributed by atoms with E-state index in [1.165, 1.54) is 22.3 Å². The van der Waals surface area contributed by atoms with Gasteiger partial charge in [0.05, 0.1) is 24.1 Å². The second-order valence-corrected chi connectivity index (χ2v) is 12.1. The van der Waals surface area contributed by atoms with E-state index in [1.807, 2.05) is 24.3 Å². The van der Waals surface area contributed by atoms with Crippen LogP contribution in [-0.4, -0.2) is 45.9 Å². The lowest BCUT2D eigenvalue weighted by Gasteiger charge is -2.39. The Morgan fingerprint density at radius 2 is 1.38 bits per heavy atom. The van der Waals surface area contributed by atoms with Crippen molar-refractivity contribution in [1.82, 2.24) is 19.8 Å². The fourth-order valence-corrected chi connectivity index (χ4v) is 6.71. The van der Waals surface area contributed by atoms with Gasteiger partial charge in [-0.3, -0.25) is 9.80 Å². The molecule has 212 valence electrons. The van der Waals surface area contributed by atoms with Crippen molar-refractivity contribution in [3.8, 4) is 0 Å². The summed E-state index contributed by atoms with van der Waals surface area (Å²) in [5.74, 6) is 1.80. The second kappa shape index (κ2) is 12.0. The summed E-state index contributed by atoms with van der Waals surface area (Å²) < 4.78 is 0. The van der Waals surface area contributed by atoms with Crippen molar-refractivity contribution in [2.75, 3.05) is 31.5 Å². The summed E-state index contributed by atoms with van der Waals surface area (Å²) in [6.45, 7) is 4.47. The summed E-state index contributed by atoms with van der Waals surface area (Å²) >= 11 is 12.5. The van der Waals surface area contributed by atoms with Gasteiger partial charge in [-0.1, -0.05) is 83.9 Å². The van der Waals surface area contributed by atoms with E-state index in [9.17, 15) is 0 Å². The van der Waals surface area contributed by atoms with Crippen LogP contribution in [-0.2, 0) is 13.0 Å². The van der Waals surface area contributed by atoms with Crippen molar-refractivity contribution >= 4 is 39.9 Å². The summed E-state index contributed by atoms with van der Waals surface area (Å²) in [6.07, 6.45) is 2.18. The second-order valence-electron chi connectivity index (χ2n) is 11.3. The van der Waals surface area contributed by atoms with Gasteiger partial charge in [0.2, 0.25) is 0 Å². The van der Waals surface area contributed by atoms with Gasteiger partial charge in [0, 0.05) is 41.6 Å². The number of hydrogen-bond donors (Lipinski definition) is 1. The third-order valence-electron chi connectivity index (χ3n) is 8.60. The molecule has 0 radical (unpaired) electrons. The molecule has 2 aliphatic rings. The van der Waals surface area contributed by atoms with Crippen LogP contribution in [0.25, 0.3) is 10.9 Å². The summed E-state index contributed by atoms with van der Waals surface area (Å²) in [6, 6.07) is 33.9. The number of rotatable bonds is 7. The Balaban J connectivity index is 1.09. The molecule has 1 fully saturated rings. The Bertz CT molecular complexity index is 1640. The summed E-state index contributed by atoms with van der Waals surface area (Å²) in [4.78, 5) is 15.1. The van der Waals surface area contributed by atoms with Gasteiger partial charge in [-0.2, -0.15) is 0 Å². The minimum Gasteiger partial charge on any atom is -0.363 e. The fourth-order valence-electron chi connectivity index (χ4n) is 6.46. The first-order chi connectivity index (χ1) is 20.6. The molecule has 1 aliphatic carbocycles. The molecule has 42 heavy (non-hydrogen) atoms. The Hall–Kier alpha value is -3.48. The largest absolute Gasteiger partial charge is 0.363 e. The van der Waals surface area contributed by atoms with Crippen LogP contribution in [0.5, 0.6) is 0 Å². The minimum absolute atomic E-state index is 0.142. The average molecular weight is 595 g/mol. The normalized spacial score (nSPS) is 17.5. The number of anilines is 1. The highest BCUT2D eigenvalue weighted by Crippen LogP contribution is 2.35. The molecular formula is C35H33Cl2N5. The van der Waals surface area contributed by atoms with Crippen LogP contribution < -0.4 is 5.32 Å². The number of hydrogen-bond acceptors (Lipinski definition) is 5. The zero-order chi connectivity index (χ0) is 28.5. The third-order valence-corrected chi connectivity index (χ3v) is 9.11. The lowest BCUT2D eigenvalue weighted by Crippen LogP contribution is -2.47. The van der Waals surface area contributed by atoms with Crippen LogP contribution in [0.3, 0.4) is 0 Å². The zero-order valence-corrected chi connectivity index (χ0v) is 24.9. The summed E-state index contributed by atoms with van der Waals surface area (Å²) in [5.41, 5.74) is 6.27. The van der Waals surface area contributed by atoms with Gasteiger partial charge in [0.15, 0.2) is 0 Å². The Labute approximate surface area is 257 Å². The van der Waals surface area contributed by atoms with Crippen molar-refractivity contribution in [2.24, 2.45) is 0 Å². The number of aryl methyl sites for hydroxylation is 1. The SMILES string of the molecule is Clc1ccc(C(c2ccc(Cl)cc2)N2CCN(Cc3nc(NC4CCc5ccccc54)c4ccccc4n3)CC2)cc1. The smallest absolute Gasteiger partial charge is 0.145 e. The molecule has 2 heterocycles. The first-order valence-electron chi connectivity index (χ1n) is 14.7. The Morgan fingerprint density at radius 3 is 2.10 bits per heavy atom. The molecule has 0 spiro atoms. The number of para-hydroxylation sites is 1. The molecule has 5 nitrogen and oxygen atoms in total. The van der Waals surface area contributed by atoms with E-state index < -0.39 is 0 Å². The lowest BCUT2D eigenvalue weighted by atomic mass is 9.96. The van der Waals surface area contributed by atoms with Crippen LogP contribution in [0, 0.1) is 0 Å². The molecule has 1 N–H and O–H groups in total. The van der Waals surface area contributed by atoms with Crippen molar-refractivity contribution in [3.05, 3.63) is 135 Å². The average Bonchev–Trinajstić information content (AvgIpc) is 3.43. The first kappa shape index (κ1) is 27.4. The van der Waals surface area contributed by atoms with E-state index in [0.29, 0.717) is 0 Å². The molecule has 1 unspecified atom stereocenters. The molecule has 7 rings (SSSR count). The van der Waals surface area contributed by atoms with Gasteiger partial charge in [-0.05, 0) is 71.5 Å². The molecule has 1 aromatic heterocycles. The highest BCUT2D eigenvalue weighted by molar-refractivity contribution is 6.30. The van der Waals surface area contributed by atoms with Crippen LogP contribution in [0.2, 0.25) is 10.0 Å². The standard InChI is InChI=1S/C35H33Cl2N5/c36-27-14-9-25(10-15-27)34(26-11-16-28(37)17-12-26)42-21-19-41(20-22-42)23-33-38-31-8-4-3-7-30(31)35(40-33)39-32-18-13-24-5-1-2-6-29(24)32/h1-12,14-17,32,34H,13,18-23H2,(H,38,39,40). The molecule has 1 aliphatic heterocycles. The van der Waals surface area contributed by atoms with Gasteiger partial charge in [0.25, 0.3) is 0 Å². The highest BCUT2D eigenvalue weighted by atomic mass is 35.5. The molecule has 4 aromatic carbocycles. The van der Waals surface area contributed by atoms with Crippen LogP contribution >= 0.6 is 23.2 Å². The number of aromatic nitrogens is 2. The molecule has 0 saturated carbocycles. The summed E-state index contributed by atoms with van der Waals surface area (Å²) in [5, 5.41) is 6.36. The number of benzene rings is 4. The minimum atomic E-state index is 0.142. The van der Waals surface area contributed by atoms with Crippen LogP contribution in [0.4, 0.5) is 5.82 Å². The molecule has 0 amide bonds. The maximum atomic E-state index is 6.23. The van der Waals surface area contributed by atoms with Gasteiger partial charge in [-0.15, -0.1) is 0 Å². The number of nitrogens with zero attached hydrogens (tertiary/aromatic N) is 4. The molecule has 5 aromatic rings. The monoisotopic (exact) mass is 593 g/mol. The van der Waals surface area contributed by atoms with Gasteiger partial charge in [-0.25, -0.2) is 9.97 Å². The van der Waals surface area contributed by atoms with Gasteiger partial charge < -0.3 is 5.32 Å². The van der Waals surface area contributed by atoms with E-state index in [4.69, 9.17) is 33.2 Å². The number of nitrogens with one attached hydrogen (secondary N) is 1. The molecular weight excluding hydrogens is 561 g/mol. The summed E-state index contributed by atoms with van der Waals surface area (Å²) in [7, 11) is 0. The van der Waals surface area contributed by atoms with Crippen molar-refractivity contribution in [2.45, 2.75) is 31.5 Å². The predicted molar refractivity (Wildman–Crippen MR) is 172 cm³/mol. The molecule has 1 saturated heterocycles. The quantitative estimate of drug-likeness (QED) is 0.207. The molecule has 7 heteroatoms. The first-order valence-corrected chi connectivity index (χ1v) is 15.4. The lowest BCUT2D eigenvalue weighted by molar-refractivity contribution is 0.103. The topological polar surface area (TPSA) is 44.3 Å². The van der Waals surface area contributed by atoms with Crippen LogP contribution in [0.1, 0.15) is 46.6 Å².